The molecule has 1 N–H and O–H groups in total. The number of carbonyl (C=O) groups excluding carboxylic acids is 2. The van der Waals surface area contributed by atoms with E-state index in [2.05, 4.69) is 5.32 Å². The first-order valence-electron chi connectivity index (χ1n) is 13.5. The van der Waals surface area contributed by atoms with Gasteiger partial charge in [-0.05, 0) is 75.6 Å². The van der Waals surface area contributed by atoms with Crippen molar-refractivity contribution in [1.29, 1.82) is 0 Å². The number of amides is 2. The molecule has 1 saturated carbocycles. The van der Waals surface area contributed by atoms with Gasteiger partial charge in [0.1, 0.15) is 12.6 Å². The smallest absolute Gasteiger partial charge is 0.264 e. The van der Waals surface area contributed by atoms with E-state index in [1.807, 2.05) is 38.1 Å². The van der Waals surface area contributed by atoms with E-state index in [1.165, 1.54) is 29.2 Å². The number of carbonyl (C=O) groups is 2. The van der Waals surface area contributed by atoms with E-state index in [9.17, 15) is 18.0 Å². The van der Waals surface area contributed by atoms with E-state index < -0.39 is 28.5 Å². The number of benzene rings is 3. The number of anilines is 1. The van der Waals surface area contributed by atoms with Gasteiger partial charge in [-0.15, -0.1) is 0 Å². The van der Waals surface area contributed by atoms with Crippen LogP contribution in [0.3, 0.4) is 0 Å². The molecule has 3 aromatic carbocycles. The minimum Gasteiger partial charge on any atom is -0.352 e. The summed E-state index contributed by atoms with van der Waals surface area (Å²) in [6.45, 7) is 5.26. The van der Waals surface area contributed by atoms with Crippen molar-refractivity contribution in [2.24, 2.45) is 0 Å². The Kier molecular flexibility index (Phi) is 9.53. The first kappa shape index (κ1) is 29.6. The number of hydrogen-bond acceptors (Lipinski definition) is 4. The molecule has 1 fully saturated rings. The summed E-state index contributed by atoms with van der Waals surface area (Å²) in [5.74, 6) is -0.718. The number of rotatable bonds is 10. The predicted molar refractivity (Wildman–Crippen MR) is 159 cm³/mol. The van der Waals surface area contributed by atoms with E-state index in [0.29, 0.717) is 10.7 Å². The second-order valence-corrected chi connectivity index (χ2v) is 12.8. The highest BCUT2D eigenvalue weighted by Crippen LogP contribution is 2.26. The molecule has 7 nitrogen and oxygen atoms in total. The Labute approximate surface area is 242 Å². The summed E-state index contributed by atoms with van der Waals surface area (Å²) >= 11 is 6.01. The highest BCUT2D eigenvalue weighted by Gasteiger charge is 2.33. The molecule has 4 rings (SSSR count). The zero-order chi connectivity index (χ0) is 28.9. The van der Waals surface area contributed by atoms with Crippen molar-refractivity contribution in [3.05, 3.63) is 94.5 Å². The van der Waals surface area contributed by atoms with Gasteiger partial charge < -0.3 is 10.2 Å². The van der Waals surface area contributed by atoms with Crippen LogP contribution in [0.2, 0.25) is 5.02 Å². The summed E-state index contributed by atoms with van der Waals surface area (Å²) in [6, 6.07) is 19.8. The summed E-state index contributed by atoms with van der Waals surface area (Å²) < 4.78 is 28.8. The molecule has 0 heterocycles. The molecule has 2 amide bonds. The Morgan fingerprint density at radius 3 is 2.23 bits per heavy atom. The molecule has 1 unspecified atom stereocenters. The number of sulfonamides is 1. The van der Waals surface area contributed by atoms with Crippen LogP contribution < -0.4 is 9.62 Å². The van der Waals surface area contributed by atoms with Crippen molar-refractivity contribution in [2.75, 3.05) is 10.8 Å². The summed E-state index contributed by atoms with van der Waals surface area (Å²) in [7, 11) is -4.13. The lowest BCUT2D eigenvalue weighted by atomic mass is 10.1. The molecule has 9 heteroatoms. The summed E-state index contributed by atoms with van der Waals surface area (Å²) in [5.41, 5.74) is 3.19. The van der Waals surface area contributed by atoms with Gasteiger partial charge in [0, 0.05) is 17.6 Å². The summed E-state index contributed by atoms with van der Waals surface area (Å²) in [5, 5.41) is 3.49. The van der Waals surface area contributed by atoms with Crippen LogP contribution in [0, 0.1) is 13.8 Å². The molecule has 0 aliphatic heterocycles. The number of nitrogens with zero attached hydrogens (tertiary/aromatic N) is 2. The van der Waals surface area contributed by atoms with Gasteiger partial charge in [0.05, 0.1) is 10.6 Å². The lowest BCUT2D eigenvalue weighted by Gasteiger charge is -2.32. The quantitative estimate of drug-likeness (QED) is 0.336. The number of hydrogen-bond donors (Lipinski definition) is 1. The lowest BCUT2D eigenvalue weighted by Crippen LogP contribution is -2.52. The Balaban J connectivity index is 1.68. The molecule has 1 aliphatic carbocycles. The molecule has 0 radical (unpaired) electrons. The second kappa shape index (κ2) is 12.9. The van der Waals surface area contributed by atoms with E-state index in [-0.39, 0.29) is 23.4 Å². The normalized spacial score (nSPS) is 14.5. The molecular weight excluding hydrogens is 546 g/mol. The van der Waals surface area contributed by atoms with Crippen LogP contribution in [0.1, 0.15) is 49.3 Å². The van der Waals surface area contributed by atoms with Gasteiger partial charge in [-0.1, -0.05) is 72.0 Å². The van der Waals surface area contributed by atoms with Crippen molar-refractivity contribution in [2.45, 2.75) is 70.0 Å². The summed E-state index contributed by atoms with van der Waals surface area (Å²) in [6.07, 6.45) is 3.98. The largest absolute Gasteiger partial charge is 0.352 e. The third kappa shape index (κ3) is 7.23. The van der Waals surface area contributed by atoms with E-state index in [0.717, 1.165) is 46.7 Å². The molecule has 1 aliphatic rings. The van der Waals surface area contributed by atoms with Gasteiger partial charge >= 0.3 is 0 Å². The van der Waals surface area contributed by atoms with E-state index in [4.69, 9.17) is 11.6 Å². The minimum atomic E-state index is -4.13. The molecule has 0 bridgehead atoms. The fraction of sp³-hybridized carbons (Fsp3) is 0.355. The maximum atomic E-state index is 14.0. The molecule has 212 valence electrons. The third-order valence-corrected chi connectivity index (χ3v) is 9.35. The molecular formula is C31H36ClN3O4S. The van der Waals surface area contributed by atoms with Crippen LogP contribution in [0.15, 0.2) is 77.7 Å². The molecule has 3 aromatic rings. The summed E-state index contributed by atoms with van der Waals surface area (Å²) in [4.78, 5) is 28.8. The Hall–Kier alpha value is -3.36. The van der Waals surface area contributed by atoms with Crippen molar-refractivity contribution in [3.8, 4) is 0 Å². The lowest BCUT2D eigenvalue weighted by molar-refractivity contribution is -0.139. The van der Waals surface area contributed by atoms with Crippen LogP contribution in [-0.2, 0) is 26.2 Å². The zero-order valence-corrected chi connectivity index (χ0v) is 24.7. The standard InChI is InChI=1S/C31H36ClN3O4S/c1-22-11-15-28(16-12-22)35(40(38,39)29-17-13-26(32)14-18-29)21-30(36)34(20-25-8-6-7-23(2)19-25)24(3)31(37)33-27-9-4-5-10-27/h6-8,11-19,24,27H,4-5,9-10,20-21H2,1-3H3,(H,33,37). The molecule has 0 spiro atoms. The minimum absolute atomic E-state index is 0.0162. The molecule has 0 aromatic heterocycles. The van der Waals surface area contributed by atoms with Crippen molar-refractivity contribution in [1.82, 2.24) is 10.2 Å². The van der Waals surface area contributed by atoms with E-state index in [1.54, 1.807) is 31.2 Å². The van der Waals surface area contributed by atoms with Crippen LogP contribution in [0.5, 0.6) is 0 Å². The van der Waals surface area contributed by atoms with E-state index >= 15 is 0 Å². The predicted octanol–water partition coefficient (Wildman–Crippen LogP) is 5.63. The molecule has 40 heavy (non-hydrogen) atoms. The Morgan fingerprint density at radius 2 is 1.60 bits per heavy atom. The maximum Gasteiger partial charge on any atom is 0.264 e. The average Bonchev–Trinajstić information content (AvgIpc) is 3.44. The number of nitrogens with one attached hydrogen (secondary N) is 1. The monoisotopic (exact) mass is 581 g/mol. The zero-order valence-electron chi connectivity index (χ0n) is 23.1. The van der Waals surface area contributed by atoms with Crippen molar-refractivity contribution >= 4 is 39.1 Å². The first-order valence-corrected chi connectivity index (χ1v) is 15.4. The van der Waals surface area contributed by atoms with Gasteiger partial charge in [-0.3, -0.25) is 13.9 Å². The van der Waals surface area contributed by atoms with Crippen LogP contribution in [0.25, 0.3) is 0 Å². The van der Waals surface area contributed by atoms with Gasteiger partial charge in [0.25, 0.3) is 10.0 Å². The Bertz CT molecular complexity index is 1440. The van der Waals surface area contributed by atoms with Crippen LogP contribution in [0.4, 0.5) is 5.69 Å². The fourth-order valence-corrected chi connectivity index (χ4v) is 6.50. The molecule has 1 atom stereocenters. The van der Waals surface area contributed by atoms with Crippen molar-refractivity contribution in [3.63, 3.8) is 0 Å². The van der Waals surface area contributed by atoms with Gasteiger partial charge in [-0.2, -0.15) is 0 Å². The van der Waals surface area contributed by atoms with Crippen LogP contribution >= 0.6 is 11.6 Å². The SMILES string of the molecule is Cc1ccc(N(CC(=O)N(Cc2cccc(C)c2)C(C)C(=O)NC2CCCC2)S(=O)(=O)c2ccc(Cl)cc2)cc1. The highest BCUT2D eigenvalue weighted by molar-refractivity contribution is 7.92. The highest BCUT2D eigenvalue weighted by atomic mass is 35.5. The first-order chi connectivity index (χ1) is 19.0. The number of halogens is 1. The topological polar surface area (TPSA) is 86.8 Å². The second-order valence-electron chi connectivity index (χ2n) is 10.5. The van der Waals surface area contributed by atoms with Gasteiger partial charge in [-0.25, -0.2) is 8.42 Å². The average molecular weight is 582 g/mol. The van der Waals surface area contributed by atoms with Crippen molar-refractivity contribution < 1.29 is 18.0 Å². The van der Waals surface area contributed by atoms with Gasteiger partial charge in [0.2, 0.25) is 11.8 Å². The van der Waals surface area contributed by atoms with Crippen LogP contribution in [-0.4, -0.2) is 43.8 Å². The third-order valence-electron chi connectivity index (χ3n) is 7.31. The maximum absolute atomic E-state index is 14.0. The Morgan fingerprint density at radius 1 is 0.950 bits per heavy atom. The van der Waals surface area contributed by atoms with Gasteiger partial charge in [0.15, 0.2) is 0 Å². The molecule has 0 saturated heterocycles. The number of aryl methyl sites for hydroxylation is 2. The fourth-order valence-electron chi connectivity index (χ4n) is 4.96.